The third kappa shape index (κ3) is 70.3. The fourth-order valence-corrected chi connectivity index (χ4v) is 13.3. The minimum Gasteiger partial charge on any atom is -0.462 e. The maximum atomic E-state index is 13.1. The maximum absolute atomic E-state index is 13.1. The standard InChI is InChI=1S/C76H148O17P2/c1-5-9-13-17-21-24-27-30-32-34-35-36-37-39-41-44-47-51-55-59-63-76(81)93-72(67-87-74(79)61-57-53-49-45-43-40-38-33-31-28-25-22-18-14-10-6-2)69-91-95(84,85)89-65-70(77)64-88-94(82,83)90-68-71(66-86-73(78)60-56-52-48-20-16-12-8-4)92-75(80)62-58-54-50-46-42-29-26-23-19-15-11-7-3/h70-72,77H,5-69H2,1-4H3,(H,82,83)(H,84,85)/t70-,71+,72+/m0/s1. The Balaban J connectivity index is 5.17. The van der Waals surface area contributed by atoms with Gasteiger partial charge in [0.25, 0.3) is 0 Å². The average molecular weight is 1400 g/mol. The molecular formula is C76H148O17P2. The van der Waals surface area contributed by atoms with Crippen molar-refractivity contribution in [1.29, 1.82) is 0 Å². The molecule has 0 fully saturated rings. The number of carbonyl (C=O) groups excluding carboxylic acids is 4. The largest absolute Gasteiger partial charge is 0.472 e. The van der Waals surface area contributed by atoms with Crippen LogP contribution in [0.1, 0.15) is 407 Å². The van der Waals surface area contributed by atoms with Crippen LogP contribution in [-0.2, 0) is 65.4 Å². The third-order valence-corrected chi connectivity index (χ3v) is 19.8. The Kier molecular flexibility index (Phi) is 69.1. The zero-order valence-corrected chi connectivity index (χ0v) is 63.4. The molecule has 0 saturated carbocycles. The lowest BCUT2D eigenvalue weighted by Gasteiger charge is -2.21. The summed E-state index contributed by atoms with van der Waals surface area (Å²) < 4.78 is 68.4. The molecule has 19 heteroatoms. The fourth-order valence-electron chi connectivity index (χ4n) is 11.8. The van der Waals surface area contributed by atoms with Gasteiger partial charge in [0, 0.05) is 25.7 Å². The van der Waals surface area contributed by atoms with Gasteiger partial charge in [0.2, 0.25) is 0 Å². The summed E-state index contributed by atoms with van der Waals surface area (Å²) in [5, 5.41) is 10.6. The molecule has 0 aromatic rings. The number of aliphatic hydroxyl groups is 1. The Morgan fingerprint density at radius 2 is 0.421 bits per heavy atom. The minimum atomic E-state index is -4.96. The predicted octanol–water partition coefficient (Wildman–Crippen LogP) is 22.6. The highest BCUT2D eigenvalue weighted by atomic mass is 31.2. The fraction of sp³-hybridized carbons (Fsp3) is 0.947. The zero-order chi connectivity index (χ0) is 69.7. The van der Waals surface area contributed by atoms with Gasteiger partial charge in [-0.2, -0.15) is 0 Å². The van der Waals surface area contributed by atoms with Crippen LogP contribution in [0.4, 0.5) is 0 Å². The topological polar surface area (TPSA) is 237 Å². The van der Waals surface area contributed by atoms with Crippen molar-refractivity contribution in [2.24, 2.45) is 0 Å². The van der Waals surface area contributed by atoms with Crippen LogP contribution >= 0.6 is 15.6 Å². The Morgan fingerprint density at radius 1 is 0.253 bits per heavy atom. The Bertz CT molecular complexity index is 1810. The molecular weight excluding hydrogens is 1250 g/mol. The number of phosphoric ester groups is 2. The molecule has 0 aliphatic heterocycles. The smallest absolute Gasteiger partial charge is 0.462 e. The van der Waals surface area contributed by atoms with Crippen molar-refractivity contribution in [2.75, 3.05) is 39.6 Å². The van der Waals surface area contributed by atoms with Crippen molar-refractivity contribution in [2.45, 2.75) is 425 Å². The Morgan fingerprint density at radius 3 is 0.621 bits per heavy atom. The normalized spacial score (nSPS) is 13.9. The molecule has 0 amide bonds. The van der Waals surface area contributed by atoms with Gasteiger partial charge < -0.3 is 33.8 Å². The van der Waals surface area contributed by atoms with Crippen LogP contribution in [0.3, 0.4) is 0 Å². The van der Waals surface area contributed by atoms with Crippen LogP contribution < -0.4 is 0 Å². The molecule has 0 radical (unpaired) electrons. The third-order valence-electron chi connectivity index (χ3n) is 17.9. The molecule has 0 aromatic heterocycles. The lowest BCUT2D eigenvalue weighted by Crippen LogP contribution is -2.30. The number of esters is 4. The number of aliphatic hydroxyl groups excluding tert-OH is 1. The van der Waals surface area contributed by atoms with Crippen LogP contribution in [0.15, 0.2) is 0 Å². The first-order chi connectivity index (χ1) is 46.2. The van der Waals surface area contributed by atoms with E-state index in [1.165, 1.54) is 225 Å². The minimum absolute atomic E-state index is 0.108. The monoisotopic (exact) mass is 1400 g/mol. The van der Waals surface area contributed by atoms with E-state index in [9.17, 15) is 43.2 Å². The van der Waals surface area contributed by atoms with Gasteiger partial charge in [-0.25, -0.2) is 9.13 Å². The second kappa shape index (κ2) is 70.5. The summed E-state index contributed by atoms with van der Waals surface area (Å²) >= 11 is 0. The van der Waals surface area contributed by atoms with Crippen molar-refractivity contribution in [3.05, 3.63) is 0 Å². The number of ether oxygens (including phenoxy) is 4. The van der Waals surface area contributed by atoms with Crippen LogP contribution in [0.25, 0.3) is 0 Å². The quantitative estimate of drug-likeness (QED) is 0.0222. The van der Waals surface area contributed by atoms with Gasteiger partial charge in [0.1, 0.15) is 19.3 Å². The summed E-state index contributed by atoms with van der Waals surface area (Å²) in [5.41, 5.74) is 0. The van der Waals surface area contributed by atoms with E-state index in [1.807, 2.05) is 0 Å². The van der Waals surface area contributed by atoms with E-state index in [2.05, 4.69) is 27.7 Å². The van der Waals surface area contributed by atoms with Crippen molar-refractivity contribution in [1.82, 2.24) is 0 Å². The highest BCUT2D eigenvalue weighted by Gasteiger charge is 2.30. The highest BCUT2D eigenvalue weighted by Crippen LogP contribution is 2.45. The first-order valence-corrected chi connectivity index (χ1v) is 42.8. The SMILES string of the molecule is CCCCCCCCCCCCCCCCCCCCCCC(=O)O[C@H](COC(=O)CCCCCCCCCCCCCCCCCC)COP(=O)(O)OC[C@@H](O)COP(=O)(O)OC[C@@H](COC(=O)CCCCCCCCC)OC(=O)CCCCCCCCCCCCCC. The average Bonchev–Trinajstić information content (AvgIpc) is 2.22. The molecule has 5 atom stereocenters. The van der Waals surface area contributed by atoms with Gasteiger partial charge in [-0.3, -0.25) is 37.3 Å². The van der Waals surface area contributed by atoms with E-state index in [0.717, 1.165) is 103 Å². The molecule has 2 unspecified atom stereocenters. The van der Waals surface area contributed by atoms with E-state index in [0.29, 0.717) is 25.7 Å². The summed E-state index contributed by atoms with van der Waals surface area (Å²) in [5.74, 6) is -2.12. The Labute approximate surface area is 581 Å². The van der Waals surface area contributed by atoms with Crippen LogP contribution in [0, 0.1) is 0 Å². The predicted molar refractivity (Wildman–Crippen MR) is 386 cm³/mol. The highest BCUT2D eigenvalue weighted by molar-refractivity contribution is 7.47. The second-order valence-electron chi connectivity index (χ2n) is 27.4. The van der Waals surface area contributed by atoms with Crippen molar-refractivity contribution in [3.8, 4) is 0 Å². The zero-order valence-electron chi connectivity index (χ0n) is 61.6. The lowest BCUT2D eigenvalue weighted by atomic mass is 10.0. The van der Waals surface area contributed by atoms with Crippen molar-refractivity contribution >= 4 is 39.5 Å². The summed E-state index contributed by atoms with van der Waals surface area (Å²) in [6, 6.07) is 0. The molecule has 17 nitrogen and oxygen atoms in total. The van der Waals surface area contributed by atoms with Crippen molar-refractivity contribution in [3.63, 3.8) is 0 Å². The molecule has 0 bridgehead atoms. The molecule has 0 spiro atoms. The molecule has 0 saturated heterocycles. The summed E-state index contributed by atoms with van der Waals surface area (Å²) in [6.07, 6.45) is 61.2. The van der Waals surface area contributed by atoms with Gasteiger partial charge in [-0.05, 0) is 25.7 Å². The Hall–Kier alpha value is -1.94. The van der Waals surface area contributed by atoms with Gasteiger partial charge in [-0.1, -0.05) is 355 Å². The lowest BCUT2D eigenvalue weighted by molar-refractivity contribution is -0.161. The molecule has 0 rings (SSSR count). The first-order valence-electron chi connectivity index (χ1n) is 39.8. The van der Waals surface area contributed by atoms with Gasteiger partial charge in [-0.15, -0.1) is 0 Å². The molecule has 0 aromatic carbocycles. The number of rotatable bonds is 77. The summed E-state index contributed by atoms with van der Waals surface area (Å²) in [7, 11) is -9.90. The molecule has 95 heavy (non-hydrogen) atoms. The number of hydrogen-bond donors (Lipinski definition) is 3. The van der Waals surface area contributed by atoms with E-state index >= 15 is 0 Å². The maximum Gasteiger partial charge on any atom is 0.472 e. The van der Waals surface area contributed by atoms with E-state index < -0.39 is 97.5 Å². The van der Waals surface area contributed by atoms with Crippen molar-refractivity contribution < 1.29 is 80.2 Å². The molecule has 0 aliphatic carbocycles. The van der Waals surface area contributed by atoms with Crippen LogP contribution in [-0.4, -0.2) is 96.7 Å². The molecule has 0 aliphatic rings. The van der Waals surface area contributed by atoms with E-state index in [1.54, 1.807) is 0 Å². The van der Waals surface area contributed by atoms with Crippen LogP contribution in [0.5, 0.6) is 0 Å². The number of phosphoric acid groups is 2. The second-order valence-corrected chi connectivity index (χ2v) is 30.3. The number of carbonyl (C=O) groups is 4. The number of unbranched alkanes of at least 4 members (excludes halogenated alkanes) is 51. The van der Waals surface area contributed by atoms with Gasteiger partial charge >= 0.3 is 39.5 Å². The summed E-state index contributed by atoms with van der Waals surface area (Å²) in [4.78, 5) is 72.6. The van der Waals surface area contributed by atoms with E-state index in [4.69, 9.17) is 37.0 Å². The van der Waals surface area contributed by atoms with Gasteiger partial charge in [0.05, 0.1) is 26.4 Å². The first kappa shape index (κ1) is 93.1. The number of hydrogen-bond acceptors (Lipinski definition) is 15. The van der Waals surface area contributed by atoms with E-state index in [-0.39, 0.29) is 25.7 Å². The molecule has 564 valence electrons. The molecule has 3 N–H and O–H groups in total. The molecule has 0 heterocycles. The summed E-state index contributed by atoms with van der Waals surface area (Å²) in [6.45, 7) is 4.95. The van der Waals surface area contributed by atoms with Crippen LogP contribution in [0.2, 0.25) is 0 Å². The van der Waals surface area contributed by atoms with Gasteiger partial charge in [0.15, 0.2) is 12.2 Å².